The molecule has 2 unspecified atom stereocenters. The maximum absolute atomic E-state index is 5.38. The highest BCUT2D eigenvalue weighted by atomic mass is 79.9. The normalized spacial score (nSPS) is 12.2. The summed E-state index contributed by atoms with van der Waals surface area (Å²) in [5.41, 5.74) is 12.3. The van der Waals surface area contributed by atoms with Crippen molar-refractivity contribution in [1.29, 1.82) is 0 Å². The van der Waals surface area contributed by atoms with Crippen molar-refractivity contribution in [3.63, 3.8) is 0 Å². The molecular weight excluding hydrogens is 508 g/mol. The van der Waals surface area contributed by atoms with Crippen LogP contribution in [-0.4, -0.2) is 50.8 Å². The molecule has 0 bridgehead atoms. The first-order valence-electron chi connectivity index (χ1n) is 12.7. The molecule has 0 radical (unpaired) electrons. The lowest BCUT2D eigenvalue weighted by molar-refractivity contribution is 0.0205. The van der Waals surface area contributed by atoms with Crippen molar-refractivity contribution in [2.75, 3.05) is 38.7 Å². The Hall–Kier alpha value is -0.740. The second-order valence-corrected chi connectivity index (χ2v) is 8.65. The van der Waals surface area contributed by atoms with Crippen LogP contribution in [-0.2, 0) is 9.68 Å². The van der Waals surface area contributed by atoms with E-state index < -0.39 is 0 Å². The first-order chi connectivity index (χ1) is 16.3. The summed E-state index contributed by atoms with van der Waals surface area (Å²) in [5.74, 6) is 0.886. The van der Waals surface area contributed by atoms with Crippen LogP contribution in [0.15, 0.2) is 24.3 Å². The molecule has 8 heteroatoms. The lowest BCUT2D eigenvalue weighted by Gasteiger charge is -2.16. The van der Waals surface area contributed by atoms with Crippen LogP contribution in [0.2, 0.25) is 0 Å². The minimum absolute atomic E-state index is 0. The first kappa shape index (κ1) is 41.4. The molecule has 0 saturated heterocycles. The zero-order chi connectivity index (χ0) is 26.6. The average Bonchev–Trinajstić information content (AvgIpc) is 2.85. The highest BCUT2D eigenvalue weighted by Gasteiger charge is 2.04. The van der Waals surface area contributed by atoms with Gasteiger partial charge in [0.2, 0.25) is 0 Å². The number of benzene rings is 1. The number of rotatable bonds is 14. The highest BCUT2D eigenvalue weighted by Crippen LogP contribution is 2.16. The predicted octanol–water partition coefficient (Wildman–Crippen LogP) is 6.38. The van der Waals surface area contributed by atoms with Crippen molar-refractivity contribution in [3.05, 3.63) is 29.8 Å². The molecular formula is C27H59BrN4O3. The van der Waals surface area contributed by atoms with Gasteiger partial charge in [-0.1, -0.05) is 76.5 Å². The summed E-state index contributed by atoms with van der Waals surface area (Å²) < 4.78 is 5.15. The van der Waals surface area contributed by atoms with Gasteiger partial charge in [-0.3, -0.25) is 0 Å². The Bertz CT molecular complexity index is 490. The van der Waals surface area contributed by atoms with Crippen LogP contribution in [0.25, 0.3) is 0 Å². The number of hydroxylamine groups is 2. The summed E-state index contributed by atoms with van der Waals surface area (Å²) in [6, 6.07) is 9.21. The van der Waals surface area contributed by atoms with Gasteiger partial charge in [-0.15, -0.1) is 0 Å². The SMILES string of the molecule is C.CCC.CCC(C)N.CCC(C)NOCCN[C@H](C)c1ccc(OC)cc1.CCNOCCBr. The number of nitrogens with one attached hydrogen (secondary N) is 3. The van der Waals surface area contributed by atoms with E-state index in [1.54, 1.807) is 7.11 Å². The first-order valence-corrected chi connectivity index (χ1v) is 13.8. The molecule has 35 heavy (non-hydrogen) atoms. The third-order valence-corrected chi connectivity index (χ3v) is 4.56. The monoisotopic (exact) mass is 566 g/mol. The molecule has 0 aromatic heterocycles. The molecule has 0 spiro atoms. The minimum atomic E-state index is 0. The third-order valence-electron chi connectivity index (χ3n) is 4.24. The van der Waals surface area contributed by atoms with Crippen molar-refractivity contribution >= 4 is 15.9 Å². The Balaban J connectivity index is -0.000000248. The van der Waals surface area contributed by atoms with Gasteiger partial charge in [0.1, 0.15) is 5.75 Å². The standard InChI is InChI=1S/C15H26N2O2.C4H10BrNO.C4H11N.C3H8.CH4/c1-5-12(2)17-19-11-10-16-13(3)14-6-8-15(18-4)9-7-14;1-2-6-7-4-3-5;1-3-4(2)5;1-3-2;/h6-9,12-13,16-17H,5,10-11H2,1-4H3;6H,2-4H2,1H3;4H,3,5H2,1-2H3;3H2,1-2H3;1H4/t12?,13-;;;;/m1..../s1. The smallest absolute Gasteiger partial charge is 0.118 e. The molecule has 3 atom stereocenters. The fraction of sp³-hybridized carbons (Fsp3) is 0.778. The van der Waals surface area contributed by atoms with Crippen LogP contribution in [0.1, 0.15) is 93.7 Å². The van der Waals surface area contributed by atoms with E-state index in [0.717, 1.165) is 43.6 Å². The largest absolute Gasteiger partial charge is 0.497 e. The number of hydrogen-bond donors (Lipinski definition) is 4. The molecule has 0 amide bonds. The van der Waals surface area contributed by atoms with Crippen LogP contribution in [0.5, 0.6) is 5.75 Å². The van der Waals surface area contributed by atoms with E-state index in [4.69, 9.17) is 20.1 Å². The number of alkyl halides is 1. The fourth-order valence-corrected chi connectivity index (χ4v) is 2.00. The maximum Gasteiger partial charge on any atom is 0.118 e. The van der Waals surface area contributed by atoms with E-state index in [-0.39, 0.29) is 7.43 Å². The van der Waals surface area contributed by atoms with Gasteiger partial charge in [0.25, 0.3) is 0 Å². The van der Waals surface area contributed by atoms with Crippen LogP contribution in [0.3, 0.4) is 0 Å². The summed E-state index contributed by atoms with van der Waals surface area (Å²) >= 11 is 3.21. The topological polar surface area (TPSA) is 89.8 Å². The Morgan fingerprint density at radius 2 is 1.46 bits per heavy atom. The van der Waals surface area contributed by atoms with Crippen LogP contribution in [0.4, 0.5) is 0 Å². The molecule has 0 heterocycles. The van der Waals surface area contributed by atoms with Gasteiger partial charge in [-0.25, -0.2) is 5.48 Å². The third kappa shape index (κ3) is 33.3. The summed E-state index contributed by atoms with van der Waals surface area (Å²) in [5, 5.41) is 4.31. The number of halogens is 1. The Kier molecular flexibility index (Phi) is 39.3. The van der Waals surface area contributed by atoms with Gasteiger partial charge in [0, 0.05) is 36.5 Å². The molecule has 0 aliphatic heterocycles. The van der Waals surface area contributed by atoms with E-state index in [2.05, 4.69) is 85.9 Å². The summed E-state index contributed by atoms with van der Waals surface area (Å²) in [6.45, 7) is 19.8. The van der Waals surface area contributed by atoms with Crippen molar-refractivity contribution in [2.24, 2.45) is 5.73 Å². The lowest BCUT2D eigenvalue weighted by atomic mass is 10.1. The average molecular weight is 568 g/mol. The van der Waals surface area contributed by atoms with Gasteiger partial charge < -0.3 is 25.5 Å². The highest BCUT2D eigenvalue weighted by molar-refractivity contribution is 9.09. The molecule has 1 aromatic carbocycles. The summed E-state index contributed by atoms with van der Waals surface area (Å²) in [7, 11) is 1.68. The van der Waals surface area contributed by atoms with E-state index in [9.17, 15) is 0 Å². The molecule has 5 N–H and O–H groups in total. The Morgan fingerprint density at radius 3 is 1.86 bits per heavy atom. The minimum Gasteiger partial charge on any atom is -0.497 e. The molecule has 212 valence electrons. The summed E-state index contributed by atoms with van der Waals surface area (Å²) in [6.07, 6.45) is 3.40. The maximum atomic E-state index is 5.38. The van der Waals surface area contributed by atoms with Crippen LogP contribution < -0.4 is 26.7 Å². The lowest BCUT2D eigenvalue weighted by Crippen LogP contribution is -2.30. The quantitative estimate of drug-likeness (QED) is 0.118. The van der Waals surface area contributed by atoms with E-state index in [0.29, 0.717) is 24.7 Å². The van der Waals surface area contributed by atoms with Gasteiger partial charge in [-0.2, -0.15) is 5.48 Å². The van der Waals surface area contributed by atoms with Gasteiger partial charge in [0.15, 0.2) is 0 Å². The van der Waals surface area contributed by atoms with E-state index in [1.165, 1.54) is 12.0 Å². The Labute approximate surface area is 226 Å². The molecule has 1 rings (SSSR count). The number of nitrogens with two attached hydrogens (primary N) is 1. The van der Waals surface area contributed by atoms with Crippen molar-refractivity contribution in [1.82, 2.24) is 16.3 Å². The Morgan fingerprint density at radius 1 is 0.914 bits per heavy atom. The number of methoxy groups -OCH3 is 1. The van der Waals surface area contributed by atoms with Gasteiger partial charge in [-0.05, 0) is 51.3 Å². The summed E-state index contributed by atoms with van der Waals surface area (Å²) in [4.78, 5) is 10.2. The molecule has 0 aliphatic carbocycles. The predicted molar refractivity (Wildman–Crippen MR) is 158 cm³/mol. The second kappa shape index (κ2) is 33.3. The van der Waals surface area contributed by atoms with Crippen LogP contribution in [0, 0.1) is 0 Å². The van der Waals surface area contributed by atoms with Gasteiger partial charge >= 0.3 is 0 Å². The van der Waals surface area contributed by atoms with E-state index >= 15 is 0 Å². The second-order valence-electron chi connectivity index (χ2n) is 7.85. The van der Waals surface area contributed by atoms with E-state index in [1.807, 2.05) is 26.0 Å². The van der Waals surface area contributed by atoms with Crippen molar-refractivity contribution in [2.45, 2.75) is 100 Å². The van der Waals surface area contributed by atoms with Crippen LogP contribution >= 0.6 is 15.9 Å². The number of hydrogen-bond acceptors (Lipinski definition) is 7. The molecule has 7 nitrogen and oxygen atoms in total. The molecule has 0 saturated carbocycles. The molecule has 0 aliphatic rings. The molecule has 1 aromatic rings. The van der Waals surface area contributed by atoms with Crippen molar-refractivity contribution < 1.29 is 14.4 Å². The zero-order valence-corrected chi connectivity index (χ0v) is 25.0. The van der Waals surface area contributed by atoms with Crippen molar-refractivity contribution in [3.8, 4) is 5.75 Å². The fourth-order valence-electron chi connectivity index (χ4n) is 1.83. The van der Waals surface area contributed by atoms with Gasteiger partial charge in [0.05, 0.1) is 20.3 Å². The number of ether oxygens (including phenoxy) is 1. The zero-order valence-electron chi connectivity index (χ0n) is 23.4. The molecule has 0 fully saturated rings.